The number of benzene rings is 1. The van der Waals surface area contributed by atoms with Gasteiger partial charge in [-0.3, -0.25) is 4.79 Å². The second-order valence-corrected chi connectivity index (χ2v) is 9.71. The van der Waals surface area contributed by atoms with Crippen LogP contribution in [0, 0.1) is 6.92 Å². The van der Waals surface area contributed by atoms with Gasteiger partial charge in [0, 0.05) is 35.6 Å². The van der Waals surface area contributed by atoms with E-state index >= 15 is 0 Å². The monoisotopic (exact) mass is 440 g/mol. The molecule has 164 valence electrons. The first-order chi connectivity index (χ1) is 14.6. The van der Waals surface area contributed by atoms with Gasteiger partial charge in [-0.25, -0.2) is 4.98 Å². The van der Waals surface area contributed by atoms with E-state index < -0.39 is 0 Å². The molecule has 3 aromatic rings. The van der Waals surface area contributed by atoms with Gasteiger partial charge in [-0.05, 0) is 51.3 Å². The number of nitrogens with zero attached hydrogens (tertiary/aromatic N) is 5. The fraction of sp³-hybridized carbons (Fsp3) is 0.478. The molecule has 0 radical (unpaired) electrons. The molecule has 0 saturated heterocycles. The zero-order valence-corrected chi connectivity index (χ0v) is 19.5. The smallest absolute Gasteiger partial charge is 0.254 e. The van der Waals surface area contributed by atoms with Gasteiger partial charge in [-0.15, -0.1) is 10.2 Å². The predicted octanol–water partition coefficient (Wildman–Crippen LogP) is 4.53. The highest BCUT2D eigenvalue weighted by Gasteiger charge is 2.46. The number of aromatic amines is 1. The Labute approximate surface area is 187 Å². The van der Waals surface area contributed by atoms with E-state index in [0.29, 0.717) is 10.6 Å². The number of H-pyrrole nitrogens is 1. The summed E-state index contributed by atoms with van der Waals surface area (Å²) < 4.78 is 1.95. The van der Waals surface area contributed by atoms with Gasteiger partial charge < -0.3 is 14.5 Å². The van der Waals surface area contributed by atoms with Crippen molar-refractivity contribution in [2.75, 3.05) is 7.05 Å². The molecule has 0 spiro atoms. The summed E-state index contributed by atoms with van der Waals surface area (Å²) in [5.74, 6) is 1.57. The van der Waals surface area contributed by atoms with Crippen LogP contribution in [0.15, 0.2) is 30.6 Å². The lowest BCUT2D eigenvalue weighted by atomic mass is 9.66. The Hall–Kier alpha value is -2.67. The molecule has 2 heterocycles. The van der Waals surface area contributed by atoms with Crippen molar-refractivity contribution in [3.05, 3.63) is 52.7 Å². The summed E-state index contributed by atoms with van der Waals surface area (Å²) in [4.78, 5) is 22.9. The van der Waals surface area contributed by atoms with Gasteiger partial charge in [0.15, 0.2) is 5.82 Å². The first kappa shape index (κ1) is 21.6. The van der Waals surface area contributed by atoms with Crippen LogP contribution in [0.3, 0.4) is 0 Å². The topological polar surface area (TPSA) is 79.7 Å². The summed E-state index contributed by atoms with van der Waals surface area (Å²) in [5, 5.41) is 9.51. The van der Waals surface area contributed by atoms with E-state index in [1.165, 1.54) is 0 Å². The average molecular weight is 441 g/mol. The second-order valence-electron chi connectivity index (χ2n) is 9.27. The van der Waals surface area contributed by atoms with Crippen LogP contribution in [0.1, 0.15) is 61.4 Å². The number of hydrogen-bond donors (Lipinski definition) is 1. The predicted molar refractivity (Wildman–Crippen MR) is 121 cm³/mol. The molecule has 1 aliphatic rings. The quantitative estimate of drug-likeness (QED) is 0.646. The summed E-state index contributed by atoms with van der Waals surface area (Å²) in [6.45, 7) is 6.34. The van der Waals surface area contributed by atoms with Crippen LogP contribution >= 0.6 is 11.6 Å². The molecule has 0 aliphatic heterocycles. The summed E-state index contributed by atoms with van der Waals surface area (Å²) in [5.41, 5.74) is 1.94. The van der Waals surface area contributed by atoms with E-state index in [0.717, 1.165) is 48.7 Å². The van der Waals surface area contributed by atoms with Crippen molar-refractivity contribution in [3.63, 3.8) is 0 Å². The molecule has 1 saturated carbocycles. The highest BCUT2D eigenvalue weighted by atomic mass is 35.5. The van der Waals surface area contributed by atoms with Crippen LogP contribution in [-0.2, 0) is 12.5 Å². The van der Waals surface area contributed by atoms with Crippen LogP contribution < -0.4 is 0 Å². The molecule has 7 nitrogen and oxygen atoms in total. The zero-order chi connectivity index (χ0) is 22.4. The highest BCUT2D eigenvalue weighted by molar-refractivity contribution is 6.30. The Balaban J connectivity index is 1.60. The number of hydrogen-bond acceptors (Lipinski definition) is 4. The number of halogens is 1. The summed E-state index contributed by atoms with van der Waals surface area (Å²) >= 11 is 6.11. The third-order valence-corrected chi connectivity index (χ3v) is 7.04. The molecule has 2 atom stereocenters. The summed E-state index contributed by atoms with van der Waals surface area (Å²) in [7, 11) is 3.84. The van der Waals surface area contributed by atoms with Gasteiger partial charge >= 0.3 is 0 Å². The van der Waals surface area contributed by atoms with E-state index in [9.17, 15) is 4.79 Å². The Morgan fingerprint density at radius 2 is 2.03 bits per heavy atom. The molecular weight excluding hydrogens is 412 g/mol. The van der Waals surface area contributed by atoms with Crippen LogP contribution in [-0.4, -0.2) is 48.1 Å². The summed E-state index contributed by atoms with van der Waals surface area (Å²) in [6, 6.07) is 7.14. The van der Waals surface area contributed by atoms with Crippen LogP contribution in [0.25, 0.3) is 11.5 Å². The molecule has 0 unspecified atom stereocenters. The molecule has 0 bridgehead atoms. The Morgan fingerprint density at radius 1 is 1.26 bits per heavy atom. The molecule has 1 fully saturated rings. The molecule has 31 heavy (non-hydrogen) atoms. The third kappa shape index (κ3) is 3.87. The first-order valence-electron chi connectivity index (χ1n) is 10.6. The largest absolute Gasteiger partial charge is 0.336 e. The minimum absolute atomic E-state index is 0.0157. The number of carbonyl (C=O) groups is 1. The molecule has 4 rings (SSSR count). The van der Waals surface area contributed by atoms with Crippen LogP contribution in [0.5, 0.6) is 0 Å². The number of carbonyl (C=O) groups excluding carboxylic acids is 1. The van der Waals surface area contributed by atoms with Gasteiger partial charge in [0.05, 0.1) is 12.0 Å². The fourth-order valence-electron chi connectivity index (χ4n) is 4.95. The fourth-order valence-corrected chi connectivity index (χ4v) is 5.14. The SMILES string of the molecule is Cc1ncn(C)c1-c1nnc([C@@]2(C)CCC[C@@](C)(N(C)C(=O)c3cccc(Cl)c3)C2)[nH]1. The van der Waals surface area contributed by atoms with Gasteiger partial charge in [-0.1, -0.05) is 31.0 Å². The van der Waals surface area contributed by atoms with Crippen molar-refractivity contribution in [1.29, 1.82) is 0 Å². The van der Waals surface area contributed by atoms with Crippen molar-refractivity contribution in [1.82, 2.24) is 29.6 Å². The lowest BCUT2D eigenvalue weighted by Crippen LogP contribution is -2.53. The number of aromatic nitrogens is 5. The average Bonchev–Trinajstić information content (AvgIpc) is 3.33. The first-order valence-corrected chi connectivity index (χ1v) is 11.0. The Kier molecular flexibility index (Phi) is 5.41. The maximum absolute atomic E-state index is 13.2. The van der Waals surface area contributed by atoms with Gasteiger partial charge in [0.2, 0.25) is 0 Å². The van der Waals surface area contributed by atoms with E-state index in [4.69, 9.17) is 11.6 Å². The molecule has 8 heteroatoms. The normalized spacial score (nSPS) is 23.7. The zero-order valence-electron chi connectivity index (χ0n) is 18.7. The van der Waals surface area contributed by atoms with Gasteiger partial charge in [0.25, 0.3) is 5.91 Å². The highest BCUT2D eigenvalue weighted by Crippen LogP contribution is 2.45. The van der Waals surface area contributed by atoms with Crippen LogP contribution in [0.2, 0.25) is 5.02 Å². The molecule has 1 aromatic carbocycles. The van der Waals surface area contributed by atoms with Gasteiger partial charge in [0.1, 0.15) is 11.5 Å². The molecule has 1 aliphatic carbocycles. The Morgan fingerprint density at radius 3 is 2.71 bits per heavy atom. The lowest BCUT2D eigenvalue weighted by molar-refractivity contribution is 0.0373. The van der Waals surface area contributed by atoms with Crippen molar-refractivity contribution in [2.45, 2.75) is 57.4 Å². The van der Waals surface area contributed by atoms with Crippen molar-refractivity contribution >= 4 is 17.5 Å². The Bertz CT molecular complexity index is 1100. The van der Waals surface area contributed by atoms with Crippen molar-refractivity contribution in [3.8, 4) is 11.5 Å². The maximum atomic E-state index is 13.2. The minimum atomic E-state index is -0.304. The third-order valence-electron chi connectivity index (χ3n) is 6.80. The van der Waals surface area contributed by atoms with E-state index in [1.807, 2.05) is 42.6 Å². The van der Waals surface area contributed by atoms with E-state index in [-0.39, 0.29) is 16.9 Å². The van der Waals surface area contributed by atoms with E-state index in [1.54, 1.807) is 18.5 Å². The standard InChI is InChI=1S/C23H29ClN6O/c1-15-18(29(4)14-25-15)19-26-21(28-27-19)22(2)10-7-11-23(3,13-22)30(5)20(31)16-8-6-9-17(24)12-16/h6,8-9,12,14H,7,10-11,13H2,1-5H3,(H,26,27,28)/t22-,23+/m0/s1. The van der Waals surface area contributed by atoms with E-state index in [2.05, 4.69) is 34.0 Å². The molecule has 1 N–H and O–H groups in total. The van der Waals surface area contributed by atoms with Crippen molar-refractivity contribution < 1.29 is 4.79 Å². The van der Waals surface area contributed by atoms with Crippen molar-refractivity contribution in [2.24, 2.45) is 7.05 Å². The minimum Gasteiger partial charge on any atom is -0.336 e. The molecular formula is C23H29ClN6O. The van der Waals surface area contributed by atoms with Crippen LogP contribution in [0.4, 0.5) is 0 Å². The summed E-state index contributed by atoms with van der Waals surface area (Å²) in [6.07, 6.45) is 5.50. The number of imidazole rings is 1. The second kappa shape index (κ2) is 7.79. The number of amides is 1. The number of rotatable bonds is 4. The molecule has 1 amide bonds. The van der Waals surface area contributed by atoms with Gasteiger partial charge in [-0.2, -0.15) is 0 Å². The lowest BCUT2D eigenvalue weighted by Gasteiger charge is -2.48. The molecule has 2 aromatic heterocycles. The number of nitrogens with one attached hydrogen (secondary N) is 1. The number of aryl methyl sites for hydroxylation is 2. The maximum Gasteiger partial charge on any atom is 0.254 e.